The van der Waals surface area contributed by atoms with Crippen LogP contribution in [0.25, 0.3) is 0 Å². The van der Waals surface area contributed by atoms with Gasteiger partial charge in [-0.3, -0.25) is 0 Å². The van der Waals surface area contributed by atoms with Gasteiger partial charge in [0, 0.05) is 35.3 Å². The molecule has 0 saturated carbocycles. The fraction of sp³-hybridized carbons (Fsp3) is 0.355. The molecule has 0 aliphatic rings. The highest BCUT2D eigenvalue weighted by atomic mass is 35.5. The number of anilines is 1. The molecule has 3 rings (SSSR count). The quantitative estimate of drug-likeness (QED) is 0.153. The second-order valence-corrected chi connectivity index (χ2v) is 10.5. The third-order valence-electron chi connectivity index (χ3n) is 6.27. The van der Waals surface area contributed by atoms with Crippen molar-refractivity contribution in [3.8, 4) is 11.5 Å². The average Bonchev–Trinajstić information content (AvgIpc) is 2.95. The van der Waals surface area contributed by atoms with Crippen molar-refractivity contribution in [2.24, 2.45) is 0 Å². The van der Waals surface area contributed by atoms with Crippen molar-refractivity contribution in [3.05, 3.63) is 87.9 Å². The summed E-state index contributed by atoms with van der Waals surface area (Å²) < 4.78 is 56.2. The Balaban J connectivity index is 1.58. The lowest BCUT2D eigenvalue weighted by atomic mass is 10.1. The number of nitrogens with one attached hydrogen (secondary N) is 1. The van der Waals surface area contributed by atoms with Gasteiger partial charge in [-0.15, -0.1) is 0 Å². The van der Waals surface area contributed by atoms with E-state index in [4.69, 9.17) is 37.4 Å². The largest absolute Gasteiger partial charge is 0.493 e. The predicted molar refractivity (Wildman–Crippen MR) is 162 cm³/mol. The van der Waals surface area contributed by atoms with Crippen LogP contribution in [0.15, 0.2) is 66.7 Å². The number of rotatable bonds is 16. The molecule has 2 amide bonds. The third kappa shape index (κ3) is 11.8. The van der Waals surface area contributed by atoms with Crippen molar-refractivity contribution in [3.63, 3.8) is 0 Å². The molecule has 0 aliphatic heterocycles. The number of aliphatic carboxylic acids is 1. The zero-order chi connectivity index (χ0) is 32.1. The van der Waals surface area contributed by atoms with Crippen molar-refractivity contribution in [2.75, 3.05) is 38.2 Å². The summed E-state index contributed by atoms with van der Waals surface area (Å²) in [4.78, 5) is 25.9. The number of carbonyl (C=O) groups is 2. The van der Waals surface area contributed by atoms with Crippen LogP contribution in [0.3, 0.4) is 0 Å². The van der Waals surface area contributed by atoms with Crippen molar-refractivity contribution in [2.45, 2.75) is 38.5 Å². The van der Waals surface area contributed by atoms with Gasteiger partial charge in [-0.2, -0.15) is 13.2 Å². The lowest BCUT2D eigenvalue weighted by Crippen LogP contribution is -2.38. The second-order valence-electron chi connectivity index (χ2n) is 9.64. The highest BCUT2D eigenvalue weighted by Gasteiger charge is 2.30. The van der Waals surface area contributed by atoms with Crippen molar-refractivity contribution >= 4 is 40.9 Å². The normalized spacial score (nSPS) is 12.0. The fourth-order valence-corrected chi connectivity index (χ4v) is 4.63. The number of benzene rings is 3. The maximum absolute atomic E-state index is 13.2. The summed E-state index contributed by atoms with van der Waals surface area (Å²) in [6, 6.07) is 15.5. The molecule has 44 heavy (non-hydrogen) atoms. The Morgan fingerprint density at radius 3 is 2.23 bits per heavy atom. The molecule has 0 spiro atoms. The van der Waals surface area contributed by atoms with Gasteiger partial charge in [-0.25, -0.2) is 9.59 Å². The Morgan fingerprint density at radius 1 is 0.909 bits per heavy atom. The van der Waals surface area contributed by atoms with Crippen LogP contribution in [0.4, 0.5) is 23.7 Å². The third-order valence-corrected chi connectivity index (χ3v) is 6.71. The van der Waals surface area contributed by atoms with Gasteiger partial charge >= 0.3 is 18.2 Å². The number of alkyl halides is 3. The molecular formula is C31H33Cl2F3N2O6. The molecule has 2 N–H and O–H groups in total. The molecule has 0 fully saturated rings. The standard InChI is InChI=1S/C31H33Cl2F3N2O6/c1-2-42-28(29(39)40)16-21-8-10-26(11-9-21)44-15-13-38(12-3-4-14-43-27-19-23(32)18-24(33)20-27)30(41)37-25-7-5-6-22(17-25)31(34,35)36/h5-11,17-20,28H,2-4,12-16H2,1H3,(H,37,41)(H,39,40). The van der Waals surface area contributed by atoms with Crippen molar-refractivity contribution in [1.29, 1.82) is 0 Å². The molecule has 13 heteroatoms. The van der Waals surface area contributed by atoms with Crippen molar-refractivity contribution < 1.29 is 42.1 Å². The van der Waals surface area contributed by atoms with E-state index in [0.29, 0.717) is 41.0 Å². The van der Waals surface area contributed by atoms with Gasteiger partial charge < -0.3 is 29.5 Å². The van der Waals surface area contributed by atoms with Crippen LogP contribution in [0, 0.1) is 0 Å². The lowest BCUT2D eigenvalue weighted by Gasteiger charge is -2.23. The molecule has 3 aromatic rings. The van der Waals surface area contributed by atoms with E-state index in [1.54, 1.807) is 49.4 Å². The van der Waals surface area contributed by atoms with E-state index in [-0.39, 0.29) is 38.4 Å². The monoisotopic (exact) mass is 656 g/mol. The van der Waals surface area contributed by atoms with Gasteiger partial charge in [0.25, 0.3) is 0 Å². The van der Waals surface area contributed by atoms with Crippen LogP contribution in [0.5, 0.6) is 11.5 Å². The average molecular weight is 658 g/mol. The second kappa shape index (κ2) is 17.0. The smallest absolute Gasteiger partial charge is 0.416 e. The molecule has 238 valence electrons. The number of hydrogen-bond acceptors (Lipinski definition) is 5. The van der Waals surface area contributed by atoms with E-state index in [9.17, 15) is 27.9 Å². The number of carbonyl (C=O) groups excluding carboxylic acids is 1. The van der Waals surface area contributed by atoms with Crippen LogP contribution in [-0.4, -0.2) is 61.0 Å². The first kappa shape index (κ1) is 34.8. The summed E-state index contributed by atoms with van der Waals surface area (Å²) in [6.07, 6.45) is -4.21. The molecule has 0 aromatic heterocycles. The molecule has 1 unspecified atom stereocenters. The molecular weight excluding hydrogens is 624 g/mol. The van der Waals surface area contributed by atoms with Gasteiger partial charge in [-0.05, 0) is 73.9 Å². The number of halogens is 5. The van der Waals surface area contributed by atoms with Gasteiger partial charge in [0.2, 0.25) is 0 Å². The molecule has 3 aromatic carbocycles. The summed E-state index contributed by atoms with van der Waals surface area (Å²) in [5.74, 6) is -0.0302. The minimum Gasteiger partial charge on any atom is -0.493 e. The maximum Gasteiger partial charge on any atom is 0.416 e. The zero-order valence-corrected chi connectivity index (χ0v) is 25.4. The molecule has 1 atom stereocenters. The summed E-state index contributed by atoms with van der Waals surface area (Å²) in [6.45, 7) is 2.85. The minimum atomic E-state index is -4.55. The van der Waals surface area contributed by atoms with Crippen LogP contribution in [-0.2, 0) is 22.1 Å². The highest BCUT2D eigenvalue weighted by Crippen LogP contribution is 2.31. The number of ether oxygens (including phenoxy) is 3. The molecule has 0 radical (unpaired) electrons. The number of hydrogen-bond donors (Lipinski definition) is 2. The Morgan fingerprint density at radius 2 is 1.59 bits per heavy atom. The Hall–Kier alpha value is -3.67. The maximum atomic E-state index is 13.2. The van der Waals surface area contributed by atoms with Crippen LogP contribution >= 0.6 is 23.2 Å². The number of amides is 2. The summed E-state index contributed by atoms with van der Waals surface area (Å²) >= 11 is 12.0. The molecule has 0 saturated heterocycles. The predicted octanol–water partition coefficient (Wildman–Crippen LogP) is 7.82. The lowest BCUT2D eigenvalue weighted by molar-refractivity contribution is -0.150. The Bertz CT molecular complexity index is 1360. The topological polar surface area (TPSA) is 97.3 Å². The molecule has 0 bridgehead atoms. The zero-order valence-electron chi connectivity index (χ0n) is 23.9. The van der Waals surface area contributed by atoms with Gasteiger partial charge in [-0.1, -0.05) is 41.4 Å². The highest BCUT2D eigenvalue weighted by molar-refractivity contribution is 6.34. The first-order valence-electron chi connectivity index (χ1n) is 13.8. The van der Waals surface area contributed by atoms with E-state index < -0.39 is 29.8 Å². The van der Waals surface area contributed by atoms with E-state index in [2.05, 4.69) is 5.32 Å². The number of carboxylic acid groups (broad SMARTS) is 1. The molecule has 0 aliphatic carbocycles. The number of urea groups is 1. The number of nitrogens with zero attached hydrogens (tertiary/aromatic N) is 1. The van der Waals surface area contributed by atoms with Crippen LogP contribution in [0.2, 0.25) is 10.0 Å². The van der Waals surface area contributed by atoms with Crippen LogP contribution < -0.4 is 14.8 Å². The fourth-order valence-electron chi connectivity index (χ4n) is 4.13. The minimum absolute atomic E-state index is 0.0132. The first-order chi connectivity index (χ1) is 20.9. The van der Waals surface area contributed by atoms with E-state index in [1.165, 1.54) is 17.0 Å². The first-order valence-corrected chi connectivity index (χ1v) is 14.6. The van der Waals surface area contributed by atoms with Gasteiger partial charge in [0.05, 0.1) is 18.7 Å². The van der Waals surface area contributed by atoms with E-state index >= 15 is 0 Å². The SMILES string of the molecule is CCOC(Cc1ccc(OCCN(CCCCOc2cc(Cl)cc(Cl)c2)C(=O)Nc2cccc(C(F)(F)F)c2)cc1)C(=O)O. The van der Waals surface area contributed by atoms with Crippen LogP contribution in [0.1, 0.15) is 30.9 Å². The number of carboxylic acids is 1. The summed E-state index contributed by atoms with van der Waals surface area (Å²) in [5.41, 5.74) is -0.107. The van der Waals surface area contributed by atoms with Gasteiger partial charge in [0.15, 0.2) is 6.10 Å². The van der Waals surface area contributed by atoms with Gasteiger partial charge in [0.1, 0.15) is 18.1 Å². The van der Waals surface area contributed by atoms with E-state index in [1.807, 2.05) is 0 Å². The molecule has 0 heterocycles. The van der Waals surface area contributed by atoms with Crippen molar-refractivity contribution in [1.82, 2.24) is 4.90 Å². The Labute approximate surface area is 263 Å². The summed E-state index contributed by atoms with van der Waals surface area (Å²) in [7, 11) is 0. The van der Waals surface area contributed by atoms with E-state index in [0.717, 1.165) is 17.7 Å². The number of unbranched alkanes of at least 4 members (excludes halogenated alkanes) is 1. The summed E-state index contributed by atoms with van der Waals surface area (Å²) in [5, 5.41) is 12.7. The molecule has 8 nitrogen and oxygen atoms in total. The Kier molecular flexibility index (Phi) is 13.4.